The van der Waals surface area contributed by atoms with Gasteiger partial charge in [0.05, 0.1) is 5.56 Å². The van der Waals surface area contributed by atoms with E-state index in [4.69, 9.17) is 0 Å². The quantitative estimate of drug-likeness (QED) is 0.330. The first-order valence-electron chi connectivity index (χ1n) is 8.94. The van der Waals surface area contributed by atoms with Crippen molar-refractivity contribution in [2.75, 3.05) is 7.05 Å². The van der Waals surface area contributed by atoms with E-state index >= 15 is 0 Å². The number of alkyl halides is 15. The molecule has 1 unspecified atom stereocenters. The Labute approximate surface area is 195 Å². The van der Waals surface area contributed by atoms with E-state index in [0.29, 0.717) is 0 Å². The molecule has 0 aliphatic heterocycles. The molecule has 0 fully saturated rings. The predicted molar refractivity (Wildman–Crippen MR) is 86.5 cm³/mol. The summed E-state index contributed by atoms with van der Waals surface area (Å²) < 4.78 is 211. The van der Waals surface area contributed by atoms with Gasteiger partial charge in [-0.25, -0.2) is 0 Å². The van der Waals surface area contributed by atoms with Gasteiger partial charge in [0, 0.05) is 6.04 Å². The van der Waals surface area contributed by atoms with Crippen molar-refractivity contribution in [2.24, 2.45) is 5.92 Å². The lowest BCUT2D eigenvalue weighted by molar-refractivity contribution is -0.300. The van der Waals surface area contributed by atoms with E-state index in [0.717, 1.165) is 20.9 Å². The standard InChI is InChI=1S/C16H12F15NO5/c1-4(2)6(32-3)5-7(33-12(17,18)19)9(35-14(23,24)25)11(37-16(29,30)31)10(36-15(26,27)28)8(5)34-13(20,21)22/h4,6,32H,1-3H3. The maximum atomic E-state index is 13.1. The van der Waals surface area contributed by atoms with Crippen molar-refractivity contribution < 1.29 is 89.5 Å². The fraction of sp³-hybridized carbons (Fsp3) is 0.625. The second-order valence-corrected chi connectivity index (χ2v) is 6.81. The number of nitrogens with one attached hydrogen (secondary N) is 1. The summed E-state index contributed by atoms with van der Waals surface area (Å²) in [6.45, 7) is 1.98. The van der Waals surface area contributed by atoms with Gasteiger partial charge in [-0.05, 0) is 13.0 Å². The van der Waals surface area contributed by atoms with Crippen LogP contribution in [0.1, 0.15) is 25.5 Å². The predicted octanol–water partition coefficient (Wildman–Crippen LogP) is 7.10. The third-order valence-corrected chi connectivity index (χ3v) is 3.69. The van der Waals surface area contributed by atoms with Crippen LogP contribution in [0.3, 0.4) is 0 Å². The van der Waals surface area contributed by atoms with Crippen LogP contribution in [0.2, 0.25) is 0 Å². The van der Waals surface area contributed by atoms with Gasteiger partial charge in [-0.1, -0.05) is 13.8 Å². The molecule has 0 amide bonds. The Morgan fingerprint density at radius 2 is 0.676 bits per heavy atom. The summed E-state index contributed by atoms with van der Waals surface area (Å²) >= 11 is 0. The van der Waals surface area contributed by atoms with Gasteiger partial charge in [0.2, 0.25) is 17.2 Å². The summed E-state index contributed by atoms with van der Waals surface area (Å²) in [4.78, 5) is 0. The molecule has 0 heterocycles. The zero-order chi connectivity index (χ0) is 29.4. The highest BCUT2D eigenvalue weighted by atomic mass is 19.4. The summed E-state index contributed by atoms with van der Waals surface area (Å²) in [5.41, 5.74) is -1.94. The number of halogens is 15. The highest BCUT2D eigenvalue weighted by molar-refractivity contribution is 5.71. The SMILES string of the molecule is CNC(c1c(OC(F)(F)F)c(OC(F)(F)F)c(OC(F)(F)F)c(OC(F)(F)F)c1OC(F)(F)F)C(C)C. The van der Waals surface area contributed by atoms with Crippen LogP contribution in [-0.4, -0.2) is 38.9 Å². The molecule has 0 saturated carbocycles. The molecule has 1 aromatic carbocycles. The molecule has 0 spiro atoms. The van der Waals surface area contributed by atoms with Crippen molar-refractivity contribution >= 4 is 0 Å². The Morgan fingerprint density at radius 1 is 0.459 bits per heavy atom. The molecule has 0 aromatic heterocycles. The monoisotopic (exact) mass is 583 g/mol. The molecule has 6 nitrogen and oxygen atoms in total. The maximum absolute atomic E-state index is 13.1. The summed E-state index contributed by atoms with van der Waals surface area (Å²) in [6.07, 6.45) is -31.2. The van der Waals surface area contributed by atoms with Crippen LogP contribution in [0.25, 0.3) is 0 Å². The van der Waals surface area contributed by atoms with Crippen molar-refractivity contribution in [3.8, 4) is 28.7 Å². The first-order chi connectivity index (χ1) is 16.2. The van der Waals surface area contributed by atoms with Crippen LogP contribution in [0, 0.1) is 5.92 Å². The summed E-state index contributed by atoms with van der Waals surface area (Å²) in [5.74, 6) is -15.4. The first-order valence-corrected chi connectivity index (χ1v) is 8.94. The third-order valence-electron chi connectivity index (χ3n) is 3.69. The zero-order valence-corrected chi connectivity index (χ0v) is 17.9. The van der Waals surface area contributed by atoms with Gasteiger partial charge >= 0.3 is 31.8 Å². The molecular formula is C16H12F15NO5. The van der Waals surface area contributed by atoms with E-state index in [-0.39, 0.29) is 0 Å². The Kier molecular flexibility index (Phi) is 9.11. The van der Waals surface area contributed by atoms with Gasteiger partial charge in [-0.15, -0.1) is 65.9 Å². The number of hydrogen-bond acceptors (Lipinski definition) is 6. The molecule has 37 heavy (non-hydrogen) atoms. The van der Waals surface area contributed by atoms with E-state index in [9.17, 15) is 65.9 Å². The van der Waals surface area contributed by atoms with E-state index in [1.807, 2.05) is 5.32 Å². The van der Waals surface area contributed by atoms with Gasteiger partial charge in [0.25, 0.3) is 0 Å². The minimum absolute atomic E-state index is 0.772. The molecule has 0 aliphatic rings. The van der Waals surface area contributed by atoms with E-state index in [1.54, 1.807) is 0 Å². The molecule has 1 rings (SSSR count). The van der Waals surface area contributed by atoms with E-state index in [2.05, 4.69) is 23.7 Å². The van der Waals surface area contributed by atoms with Crippen molar-refractivity contribution in [1.29, 1.82) is 0 Å². The highest BCUT2D eigenvalue weighted by Gasteiger charge is 2.50. The second kappa shape index (κ2) is 10.5. The summed E-state index contributed by atoms with van der Waals surface area (Å²) in [6, 6.07) is -2.12. The minimum atomic E-state index is -6.33. The average molecular weight is 583 g/mol. The fourth-order valence-corrected chi connectivity index (χ4v) is 2.81. The Hall–Kier alpha value is -2.87. The lowest BCUT2D eigenvalue weighted by atomic mass is 9.93. The van der Waals surface area contributed by atoms with Crippen molar-refractivity contribution in [2.45, 2.75) is 51.7 Å². The Balaban J connectivity index is 4.56. The Bertz CT molecular complexity index is 874. The van der Waals surface area contributed by atoms with Crippen LogP contribution >= 0.6 is 0 Å². The molecular weight excluding hydrogens is 571 g/mol. The molecule has 21 heteroatoms. The normalized spacial score (nSPS) is 14.5. The van der Waals surface area contributed by atoms with Gasteiger partial charge in [-0.2, -0.15) is 0 Å². The van der Waals surface area contributed by atoms with Crippen LogP contribution < -0.4 is 29.0 Å². The lowest BCUT2D eigenvalue weighted by Gasteiger charge is -2.31. The third kappa shape index (κ3) is 10.2. The van der Waals surface area contributed by atoms with Crippen LogP contribution in [0.5, 0.6) is 28.7 Å². The van der Waals surface area contributed by atoms with Crippen LogP contribution in [-0.2, 0) is 0 Å². The van der Waals surface area contributed by atoms with Crippen LogP contribution in [0.4, 0.5) is 65.9 Å². The summed E-state index contributed by atoms with van der Waals surface area (Å²) in [7, 11) is 0.772. The maximum Gasteiger partial charge on any atom is 0.573 e. The molecule has 0 bridgehead atoms. The average Bonchev–Trinajstić information content (AvgIpc) is 2.58. The number of rotatable bonds is 8. The van der Waals surface area contributed by atoms with Gasteiger partial charge in [0.1, 0.15) is 0 Å². The van der Waals surface area contributed by atoms with Crippen molar-refractivity contribution in [3.63, 3.8) is 0 Å². The van der Waals surface area contributed by atoms with Crippen molar-refractivity contribution in [1.82, 2.24) is 5.32 Å². The Morgan fingerprint density at radius 3 is 0.865 bits per heavy atom. The topological polar surface area (TPSA) is 58.2 Å². The number of benzene rings is 1. The zero-order valence-electron chi connectivity index (χ0n) is 17.9. The first kappa shape index (κ1) is 32.2. The minimum Gasteiger partial charge on any atom is -0.401 e. The van der Waals surface area contributed by atoms with E-state index in [1.165, 1.54) is 0 Å². The highest BCUT2D eigenvalue weighted by Crippen LogP contribution is 2.60. The fourth-order valence-electron chi connectivity index (χ4n) is 2.81. The molecule has 0 aliphatic carbocycles. The summed E-state index contributed by atoms with van der Waals surface area (Å²) in [5, 5.41) is 1.99. The van der Waals surface area contributed by atoms with Gasteiger partial charge in [0.15, 0.2) is 11.5 Å². The molecule has 216 valence electrons. The van der Waals surface area contributed by atoms with Crippen LogP contribution in [0.15, 0.2) is 0 Å². The number of hydrogen-bond donors (Lipinski definition) is 1. The van der Waals surface area contributed by atoms with Gasteiger partial charge in [-0.3, -0.25) is 0 Å². The van der Waals surface area contributed by atoms with Crippen molar-refractivity contribution in [3.05, 3.63) is 5.56 Å². The molecule has 1 aromatic rings. The lowest BCUT2D eigenvalue weighted by Crippen LogP contribution is -2.31. The largest absolute Gasteiger partial charge is 0.573 e. The molecule has 0 saturated heterocycles. The smallest absolute Gasteiger partial charge is 0.401 e. The molecule has 0 radical (unpaired) electrons. The molecule has 1 N–H and O–H groups in total. The molecule has 1 atom stereocenters. The van der Waals surface area contributed by atoms with E-state index < -0.39 is 78.1 Å². The van der Waals surface area contributed by atoms with Gasteiger partial charge < -0.3 is 29.0 Å². The second-order valence-electron chi connectivity index (χ2n) is 6.81. The number of ether oxygens (including phenoxy) is 5.